The van der Waals surface area contributed by atoms with Crippen LogP contribution in [0.5, 0.6) is 0 Å². The van der Waals surface area contributed by atoms with E-state index in [0.717, 1.165) is 61.3 Å². The van der Waals surface area contributed by atoms with Crippen LogP contribution in [0.15, 0.2) is 41.6 Å². The number of rotatable bonds is 7. The Kier molecular flexibility index (Phi) is 7.80. The fourth-order valence-corrected chi connectivity index (χ4v) is 4.77. The molecule has 1 aliphatic rings. The van der Waals surface area contributed by atoms with E-state index in [-0.39, 0.29) is 11.8 Å². The summed E-state index contributed by atoms with van der Waals surface area (Å²) in [5.41, 5.74) is 0.367. The number of piperidine rings is 1. The number of carbonyl (C=O) groups excluding carboxylic acids is 1. The fraction of sp³-hybridized carbons (Fsp3) is 0.348. The van der Waals surface area contributed by atoms with Crippen LogP contribution in [0.1, 0.15) is 38.1 Å². The average molecular weight is 510 g/mol. The maximum atomic E-state index is 13.9. The molecular formula is C23H23ClF3N5OS. The van der Waals surface area contributed by atoms with E-state index in [1.807, 2.05) is 16.7 Å². The first-order valence-corrected chi connectivity index (χ1v) is 12.2. The molecule has 0 spiro atoms. The lowest BCUT2D eigenvalue weighted by Crippen LogP contribution is -2.33. The number of halogens is 4. The SMILES string of the molecule is C[C@H](c1nnc(SCC(=O)Nc2ccc(F)c(F)c2F)n1-c1ccc(Cl)cc1)N1CCCCC1. The molecule has 11 heteroatoms. The minimum Gasteiger partial charge on any atom is -0.323 e. The average Bonchev–Trinajstić information content (AvgIpc) is 3.27. The van der Waals surface area contributed by atoms with Crippen molar-refractivity contribution in [2.45, 2.75) is 37.4 Å². The molecule has 1 amide bonds. The van der Waals surface area contributed by atoms with Gasteiger partial charge in [-0.2, -0.15) is 0 Å². The molecule has 1 aliphatic heterocycles. The van der Waals surface area contributed by atoms with E-state index in [9.17, 15) is 18.0 Å². The number of aromatic nitrogens is 3. The number of nitrogens with zero attached hydrogens (tertiary/aromatic N) is 4. The molecule has 1 fully saturated rings. The van der Waals surface area contributed by atoms with E-state index < -0.39 is 29.0 Å². The molecule has 0 aliphatic carbocycles. The van der Waals surface area contributed by atoms with Gasteiger partial charge in [-0.25, -0.2) is 13.2 Å². The van der Waals surface area contributed by atoms with E-state index in [1.54, 1.807) is 12.1 Å². The van der Waals surface area contributed by atoms with Crippen LogP contribution in [0.3, 0.4) is 0 Å². The molecule has 180 valence electrons. The molecule has 2 heterocycles. The number of anilines is 1. The number of nitrogens with one attached hydrogen (secondary N) is 1. The molecule has 4 rings (SSSR count). The normalized spacial score (nSPS) is 15.3. The highest BCUT2D eigenvalue weighted by Crippen LogP contribution is 2.30. The smallest absolute Gasteiger partial charge is 0.234 e. The highest BCUT2D eigenvalue weighted by molar-refractivity contribution is 7.99. The van der Waals surface area contributed by atoms with Gasteiger partial charge in [0.05, 0.1) is 17.5 Å². The van der Waals surface area contributed by atoms with Crippen molar-refractivity contribution < 1.29 is 18.0 Å². The molecule has 1 aromatic heterocycles. The van der Waals surface area contributed by atoms with Gasteiger partial charge in [-0.3, -0.25) is 14.3 Å². The number of hydrogen-bond donors (Lipinski definition) is 1. The Morgan fingerprint density at radius 2 is 1.76 bits per heavy atom. The van der Waals surface area contributed by atoms with E-state index in [2.05, 4.69) is 27.3 Å². The molecule has 0 bridgehead atoms. The molecule has 0 saturated carbocycles. The van der Waals surface area contributed by atoms with Crippen molar-refractivity contribution in [3.63, 3.8) is 0 Å². The van der Waals surface area contributed by atoms with Gasteiger partial charge >= 0.3 is 0 Å². The number of thioether (sulfide) groups is 1. The molecule has 0 radical (unpaired) electrons. The molecule has 3 aromatic rings. The van der Waals surface area contributed by atoms with Crippen molar-refractivity contribution in [1.29, 1.82) is 0 Å². The predicted molar refractivity (Wildman–Crippen MR) is 126 cm³/mol. The van der Waals surface area contributed by atoms with E-state index >= 15 is 0 Å². The Balaban J connectivity index is 1.55. The van der Waals surface area contributed by atoms with Crippen LogP contribution in [-0.4, -0.2) is 44.4 Å². The zero-order valence-electron chi connectivity index (χ0n) is 18.4. The van der Waals surface area contributed by atoms with Crippen LogP contribution in [-0.2, 0) is 4.79 Å². The van der Waals surface area contributed by atoms with E-state index in [1.165, 1.54) is 6.42 Å². The van der Waals surface area contributed by atoms with Crippen LogP contribution in [0, 0.1) is 17.5 Å². The van der Waals surface area contributed by atoms with E-state index in [0.29, 0.717) is 10.2 Å². The van der Waals surface area contributed by atoms with Gasteiger partial charge in [-0.05, 0) is 69.3 Å². The Morgan fingerprint density at radius 1 is 1.06 bits per heavy atom. The summed E-state index contributed by atoms with van der Waals surface area (Å²) in [5.74, 6) is -4.40. The molecular weight excluding hydrogens is 487 g/mol. The number of hydrogen-bond acceptors (Lipinski definition) is 5. The molecule has 2 aromatic carbocycles. The van der Waals surface area contributed by atoms with Crippen molar-refractivity contribution in [1.82, 2.24) is 19.7 Å². The quantitative estimate of drug-likeness (QED) is 0.331. The van der Waals surface area contributed by atoms with Gasteiger partial charge in [0.2, 0.25) is 5.91 Å². The zero-order valence-corrected chi connectivity index (χ0v) is 20.0. The van der Waals surface area contributed by atoms with Crippen molar-refractivity contribution in [2.75, 3.05) is 24.2 Å². The Hall–Kier alpha value is -2.56. The summed E-state index contributed by atoms with van der Waals surface area (Å²) in [6.07, 6.45) is 3.46. The predicted octanol–water partition coefficient (Wildman–Crippen LogP) is 5.62. The van der Waals surface area contributed by atoms with E-state index in [4.69, 9.17) is 11.6 Å². The molecule has 6 nitrogen and oxygen atoms in total. The van der Waals surface area contributed by atoms with Crippen molar-refractivity contribution in [3.05, 3.63) is 64.7 Å². The minimum absolute atomic E-state index is 0.00272. The topological polar surface area (TPSA) is 63.1 Å². The van der Waals surface area contributed by atoms with Crippen LogP contribution in [0.2, 0.25) is 5.02 Å². The first kappa shape index (κ1) is 24.6. The lowest BCUT2D eigenvalue weighted by Gasteiger charge is -2.31. The van der Waals surface area contributed by atoms with Gasteiger partial charge < -0.3 is 5.32 Å². The lowest BCUT2D eigenvalue weighted by atomic mass is 10.1. The van der Waals surface area contributed by atoms with Crippen LogP contribution >= 0.6 is 23.4 Å². The standard InChI is InChI=1S/C23H23ClF3N5OS/c1-14(31-11-3-2-4-12-31)22-29-30-23(32(22)16-7-5-15(24)6-8-16)34-13-19(33)28-18-10-9-17(25)20(26)21(18)27/h5-10,14H,2-4,11-13H2,1H3,(H,28,33)/t14-/m1/s1. The maximum absolute atomic E-state index is 13.9. The second-order valence-electron chi connectivity index (χ2n) is 7.98. The van der Waals surface area contributed by atoms with Crippen molar-refractivity contribution >= 4 is 35.0 Å². The Morgan fingerprint density at radius 3 is 2.47 bits per heavy atom. The summed E-state index contributed by atoms with van der Waals surface area (Å²) in [5, 5.41) is 12.1. The second kappa shape index (κ2) is 10.8. The summed E-state index contributed by atoms with van der Waals surface area (Å²) < 4.78 is 42.4. The number of amides is 1. The van der Waals surface area contributed by atoms with Gasteiger partial charge in [0.1, 0.15) is 0 Å². The molecule has 1 N–H and O–H groups in total. The number of likely N-dealkylation sites (tertiary alicyclic amines) is 1. The van der Waals surface area contributed by atoms with Gasteiger partial charge in [0.15, 0.2) is 28.4 Å². The molecule has 0 unspecified atom stereocenters. The Labute approximate surface area is 204 Å². The third kappa shape index (κ3) is 5.39. The first-order valence-electron chi connectivity index (χ1n) is 10.9. The number of carbonyl (C=O) groups is 1. The largest absolute Gasteiger partial charge is 0.323 e. The van der Waals surface area contributed by atoms with Crippen molar-refractivity contribution in [3.8, 4) is 5.69 Å². The lowest BCUT2D eigenvalue weighted by molar-refractivity contribution is -0.113. The summed E-state index contributed by atoms with van der Waals surface area (Å²) in [4.78, 5) is 14.8. The highest BCUT2D eigenvalue weighted by atomic mass is 35.5. The third-order valence-electron chi connectivity index (χ3n) is 5.70. The minimum atomic E-state index is -1.63. The Bertz CT molecular complexity index is 1170. The maximum Gasteiger partial charge on any atom is 0.234 e. The van der Waals surface area contributed by atoms with Crippen LogP contribution in [0.4, 0.5) is 18.9 Å². The van der Waals surface area contributed by atoms with Gasteiger partial charge in [0.25, 0.3) is 0 Å². The third-order valence-corrected chi connectivity index (χ3v) is 6.88. The summed E-state index contributed by atoms with van der Waals surface area (Å²) in [6.45, 7) is 4.02. The molecule has 34 heavy (non-hydrogen) atoms. The summed E-state index contributed by atoms with van der Waals surface area (Å²) in [7, 11) is 0. The monoisotopic (exact) mass is 509 g/mol. The molecule has 1 saturated heterocycles. The van der Waals surface area contributed by atoms with Gasteiger partial charge in [-0.1, -0.05) is 29.8 Å². The summed E-state index contributed by atoms with van der Waals surface area (Å²) in [6, 6.07) is 8.95. The first-order chi connectivity index (χ1) is 16.3. The number of benzene rings is 2. The van der Waals surface area contributed by atoms with Gasteiger partial charge in [0, 0.05) is 10.7 Å². The highest BCUT2D eigenvalue weighted by Gasteiger charge is 2.26. The van der Waals surface area contributed by atoms with Crippen LogP contribution in [0.25, 0.3) is 5.69 Å². The second-order valence-corrected chi connectivity index (χ2v) is 9.36. The molecule has 1 atom stereocenters. The fourth-order valence-electron chi connectivity index (χ4n) is 3.89. The zero-order chi connectivity index (χ0) is 24.2. The van der Waals surface area contributed by atoms with Gasteiger partial charge in [-0.15, -0.1) is 10.2 Å². The van der Waals surface area contributed by atoms with Crippen LogP contribution < -0.4 is 5.32 Å². The van der Waals surface area contributed by atoms with Crippen molar-refractivity contribution in [2.24, 2.45) is 0 Å². The summed E-state index contributed by atoms with van der Waals surface area (Å²) >= 11 is 7.17.